The summed E-state index contributed by atoms with van der Waals surface area (Å²) >= 11 is 1.13. The lowest BCUT2D eigenvalue weighted by molar-refractivity contribution is -0.119. The van der Waals surface area contributed by atoms with Gasteiger partial charge in [0.1, 0.15) is 21.3 Å². The molecule has 9 heteroatoms. The summed E-state index contributed by atoms with van der Waals surface area (Å²) in [6, 6.07) is 6.86. The summed E-state index contributed by atoms with van der Waals surface area (Å²) in [6.45, 7) is 1.92. The molecular formula is C20H19N3O5S. The fraction of sp³-hybridized carbons (Fsp3) is 0.300. The summed E-state index contributed by atoms with van der Waals surface area (Å²) in [7, 11) is 1.53. The Morgan fingerprint density at radius 1 is 1.34 bits per heavy atom. The van der Waals surface area contributed by atoms with Crippen LogP contribution in [0.4, 0.5) is 5.69 Å². The number of rotatable bonds is 5. The number of nitrogens with zero attached hydrogens (tertiary/aromatic N) is 2. The van der Waals surface area contributed by atoms with E-state index in [4.69, 9.17) is 9.47 Å². The minimum absolute atomic E-state index is 0.119. The molecule has 0 spiro atoms. The Morgan fingerprint density at radius 2 is 2.17 bits per heavy atom. The van der Waals surface area contributed by atoms with Crippen molar-refractivity contribution in [3.05, 3.63) is 50.9 Å². The van der Waals surface area contributed by atoms with Crippen LogP contribution in [0.5, 0.6) is 5.75 Å². The maximum absolute atomic E-state index is 12.7. The minimum atomic E-state index is -0.643. The molecule has 1 aliphatic rings. The van der Waals surface area contributed by atoms with Crippen LogP contribution in [0, 0.1) is 6.92 Å². The summed E-state index contributed by atoms with van der Waals surface area (Å²) < 4.78 is 11.9. The van der Waals surface area contributed by atoms with E-state index in [1.165, 1.54) is 7.11 Å². The number of aromatic nitrogens is 2. The number of fused-ring (bicyclic) bond motifs is 2. The SMILES string of the molecule is COc1cccc(NC(=O)COC(=O)c2sc3nc4n(c(=O)c3c2C)CCC4)c1. The molecule has 3 aromatic rings. The number of hydrogen-bond acceptors (Lipinski definition) is 7. The molecule has 2 aromatic heterocycles. The van der Waals surface area contributed by atoms with E-state index >= 15 is 0 Å². The lowest BCUT2D eigenvalue weighted by atomic mass is 10.2. The fourth-order valence-corrected chi connectivity index (χ4v) is 4.45. The molecule has 3 heterocycles. The van der Waals surface area contributed by atoms with Crippen LogP contribution in [0.3, 0.4) is 0 Å². The van der Waals surface area contributed by atoms with Crippen molar-refractivity contribution in [3.63, 3.8) is 0 Å². The summed E-state index contributed by atoms with van der Waals surface area (Å²) in [4.78, 5) is 42.7. The molecule has 0 saturated heterocycles. The Labute approximate surface area is 170 Å². The van der Waals surface area contributed by atoms with Gasteiger partial charge in [-0.3, -0.25) is 14.2 Å². The summed E-state index contributed by atoms with van der Waals surface area (Å²) in [5.41, 5.74) is 0.962. The Kier molecular flexibility index (Phi) is 5.06. The minimum Gasteiger partial charge on any atom is -0.497 e. The second-order valence-corrected chi connectivity index (χ2v) is 7.68. The molecule has 0 unspecified atom stereocenters. The zero-order valence-electron chi connectivity index (χ0n) is 16.0. The Morgan fingerprint density at radius 3 is 2.97 bits per heavy atom. The molecule has 0 aliphatic carbocycles. The van der Waals surface area contributed by atoms with Gasteiger partial charge in [-0.25, -0.2) is 9.78 Å². The first kappa shape index (κ1) is 19.1. The van der Waals surface area contributed by atoms with Crippen LogP contribution in [0.1, 0.15) is 27.5 Å². The molecule has 1 N–H and O–H groups in total. The van der Waals surface area contributed by atoms with Gasteiger partial charge in [0.25, 0.3) is 11.5 Å². The molecule has 150 valence electrons. The van der Waals surface area contributed by atoms with E-state index in [9.17, 15) is 14.4 Å². The number of carbonyl (C=O) groups excluding carboxylic acids is 2. The molecule has 8 nitrogen and oxygen atoms in total. The molecule has 0 atom stereocenters. The Balaban J connectivity index is 1.48. The highest BCUT2D eigenvalue weighted by Gasteiger charge is 2.24. The van der Waals surface area contributed by atoms with Gasteiger partial charge in [0.15, 0.2) is 6.61 Å². The molecule has 1 aromatic carbocycles. The molecule has 29 heavy (non-hydrogen) atoms. The van der Waals surface area contributed by atoms with Crippen molar-refractivity contribution < 1.29 is 19.1 Å². The number of hydrogen-bond donors (Lipinski definition) is 1. The monoisotopic (exact) mass is 413 g/mol. The summed E-state index contributed by atoms with van der Waals surface area (Å²) in [5, 5.41) is 3.10. The number of benzene rings is 1. The van der Waals surface area contributed by atoms with Crippen molar-refractivity contribution in [2.75, 3.05) is 19.0 Å². The van der Waals surface area contributed by atoms with E-state index in [1.807, 2.05) is 0 Å². The van der Waals surface area contributed by atoms with Gasteiger partial charge < -0.3 is 14.8 Å². The largest absolute Gasteiger partial charge is 0.497 e. The maximum atomic E-state index is 12.7. The number of amides is 1. The molecule has 0 fully saturated rings. The fourth-order valence-electron chi connectivity index (χ4n) is 3.36. The zero-order valence-corrected chi connectivity index (χ0v) is 16.8. The highest BCUT2D eigenvalue weighted by Crippen LogP contribution is 2.29. The van der Waals surface area contributed by atoms with Crippen LogP contribution in [0.2, 0.25) is 0 Å². The third-order valence-electron chi connectivity index (χ3n) is 4.78. The van der Waals surface area contributed by atoms with E-state index in [0.29, 0.717) is 38.6 Å². The van der Waals surface area contributed by atoms with Crippen LogP contribution < -0.4 is 15.6 Å². The number of thiophene rings is 1. The van der Waals surface area contributed by atoms with Crippen LogP contribution >= 0.6 is 11.3 Å². The van der Waals surface area contributed by atoms with E-state index in [0.717, 1.165) is 30.0 Å². The summed E-state index contributed by atoms with van der Waals surface area (Å²) in [5.74, 6) is 0.242. The average molecular weight is 413 g/mol. The van der Waals surface area contributed by atoms with Crippen LogP contribution in [-0.4, -0.2) is 35.1 Å². The number of aryl methyl sites for hydroxylation is 2. The van der Waals surface area contributed by atoms with Crippen molar-refractivity contribution in [1.29, 1.82) is 0 Å². The molecule has 0 radical (unpaired) electrons. The van der Waals surface area contributed by atoms with Crippen LogP contribution in [-0.2, 0) is 22.5 Å². The molecule has 1 aliphatic heterocycles. The number of nitrogens with one attached hydrogen (secondary N) is 1. The molecular weight excluding hydrogens is 394 g/mol. The highest BCUT2D eigenvalue weighted by atomic mass is 32.1. The third-order valence-corrected chi connectivity index (χ3v) is 5.95. The van der Waals surface area contributed by atoms with Gasteiger partial charge in [0.2, 0.25) is 0 Å². The number of anilines is 1. The first-order chi connectivity index (χ1) is 14.0. The lowest BCUT2D eigenvalue weighted by Gasteiger charge is -2.07. The highest BCUT2D eigenvalue weighted by molar-refractivity contribution is 7.20. The van der Waals surface area contributed by atoms with Gasteiger partial charge in [0.05, 0.1) is 12.5 Å². The van der Waals surface area contributed by atoms with Crippen molar-refractivity contribution in [1.82, 2.24) is 9.55 Å². The van der Waals surface area contributed by atoms with E-state index in [1.54, 1.807) is 35.8 Å². The van der Waals surface area contributed by atoms with Gasteiger partial charge in [-0.2, -0.15) is 0 Å². The standard InChI is InChI=1S/C20H19N3O5S/c1-11-16-18(22-14-7-4-8-23(14)19(16)25)29-17(11)20(26)28-10-15(24)21-12-5-3-6-13(9-12)27-2/h3,5-6,9H,4,7-8,10H2,1-2H3,(H,21,24). The second kappa shape index (κ2) is 7.67. The zero-order chi connectivity index (χ0) is 20.5. The van der Waals surface area contributed by atoms with Crippen molar-refractivity contribution >= 4 is 39.1 Å². The van der Waals surface area contributed by atoms with E-state index < -0.39 is 18.5 Å². The normalized spacial score (nSPS) is 12.6. The smallest absolute Gasteiger partial charge is 0.349 e. The second-order valence-electron chi connectivity index (χ2n) is 6.68. The number of esters is 1. The molecule has 0 saturated carbocycles. The Bertz CT molecular complexity index is 1180. The van der Waals surface area contributed by atoms with Gasteiger partial charge >= 0.3 is 5.97 Å². The van der Waals surface area contributed by atoms with Crippen molar-refractivity contribution in [2.24, 2.45) is 0 Å². The Hall–Kier alpha value is -3.20. The topological polar surface area (TPSA) is 99.5 Å². The first-order valence-corrected chi connectivity index (χ1v) is 9.93. The van der Waals surface area contributed by atoms with Crippen LogP contribution in [0.25, 0.3) is 10.2 Å². The van der Waals surface area contributed by atoms with Gasteiger partial charge in [-0.15, -0.1) is 11.3 Å². The molecule has 1 amide bonds. The predicted octanol–water partition coefficient (Wildman–Crippen LogP) is 2.52. The first-order valence-electron chi connectivity index (χ1n) is 9.11. The third kappa shape index (κ3) is 3.61. The summed E-state index contributed by atoms with van der Waals surface area (Å²) in [6.07, 6.45) is 1.65. The predicted molar refractivity (Wildman–Crippen MR) is 109 cm³/mol. The lowest BCUT2D eigenvalue weighted by Crippen LogP contribution is -2.21. The van der Waals surface area contributed by atoms with E-state index in [2.05, 4.69) is 10.3 Å². The maximum Gasteiger partial charge on any atom is 0.349 e. The van der Waals surface area contributed by atoms with Gasteiger partial charge in [0, 0.05) is 24.7 Å². The number of methoxy groups -OCH3 is 1. The number of carbonyl (C=O) groups is 2. The molecule has 0 bridgehead atoms. The number of ether oxygens (including phenoxy) is 2. The van der Waals surface area contributed by atoms with Crippen molar-refractivity contribution in [3.8, 4) is 5.75 Å². The molecule has 4 rings (SSSR count). The average Bonchev–Trinajstić information content (AvgIpc) is 3.31. The quantitative estimate of drug-likeness (QED) is 0.645. The van der Waals surface area contributed by atoms with Crippen LogP contribution in [0.15, 0.2) is 29.1 Å². The van der Waals surface area contributed by atoms with Crippen molar-refractivity contribution in [2.45, 2.75) is 26.3 Å². The van der Waals surface area contributed by atoms with E-state index in [-0.39, 0.29) is 5.56 Å². The van der Waals surface area contributed by atoms with Gasteiger partial charge in [-0.1, -0.05) is 6.07 Å². The van der Waals surface area contributed by atoms with Gasteiger partial charge in [-0.05, 0) is 31.0 Å².